The second kappa shape index (κ2) is 8.72. The van der Waals surface area contributed by atoms with E-state index in [4.69, 9.17) is 0 Å². The number of hydrogen-bond acceptors (Lipinski definition) is 5. The molecule has 4 rings (SSSR count). The second-order valence-corrected chi connectivity index (χ2v) is 7.02. The zero-order chi connectivity index (χ0) is 20.1. The summed E-state index contributed by atoms with van der Waals surface area (Å²) < 4.78 is 1.61. The number of nitrogens with zero attached hydrogens (tertiary/aromatic N) is 6. The molecule has 29 heavy (non-hydrogen) atoms. The van der Waals surface area contributed by atoms with Crippen LogP contribution in [0.15, 0.2) is 61.3 Å². The highest BCUT2D eigenvalue weighted by Crippen LogP contribution is 2.20. The van der Waals surface area contributed by atoms with Crippen LogP contribution in [0.2, 0.25) is 0 Å². The molecule has 2 aromatic heterocycles. The van der Waals surface area contributed by atoms with Crippen molar-refractivity contribution in [1.29, 1.82) is 0 Å². The summed E-state index contributed by atoms with van der Waals surface area (Å²) in [5, 5.41) is 7.20. The molecule has 150 valence electrons. The predicted octanol–water partition coefficient (Wildman–Crippen LogP) is 2.47. The van der Waals surface area contributed by atoms with Crippen molar-refractivity contribution in [3.05, 3.63) is 66.9 Å². The minimum absolute atomic E-state index is 0.0436. The van der Waals surface area contributed by atoms with E-state index >= 15 is 0 Å². The third-order valence-electron chi connectivity index (χ3n) is 5.27. The van der Waals surface area contributed by atoms with E-state index in [1.807, 2.05) is 23.1 Å². The largest absolute Gasteiger partial charge is 0.368 e. The Morgan fingerprint density at radius 1 is 1.17 bits per heavy atom. The number of amides is 2. The van der Waals surface area contributed by atoms with Crippen molar-refractivity contribution in [2.75, 3.05) is 24.5 Å². The summed E-state index contributed by atoms with van der Waals surface area (Å²) in [5.41, 5.74) is 2.10. The molecule has 0 aliphatic carbocycles. The van der Waals surface area contributed by atoms with Crippen LogP contribution < -0.4 is 10.2 Å². The number of rotatable bonds is 5. The van der Waals surface area contributed by atoms with E-state index in [0.717, 1.165) is 25.1 Å². The van der Waals surface area contributed by atoms with Crippen LogP contribution in [-0.2, 0) is 6.54 Å². The Hall–Kier alpha value is -3.42. The van der Waals surface area contributed by atoms with Gasteiger partial charge in [-0.05, 0) is 24.6 Å². The monoisotopic (exact) mass is 391 g/mol. The molecule has 8 nitrogen and oxygen atoms in total. The first kappa shape index (κ1) is 18.9. The Labute approximate surface area is 170 Å². The van der Waals surface area contributed by atoms with Crippen LogP contribution in [0.3, 0.4) is 0 Å². The quantitative estimate of drug-likeness (QED) is 0.723. The molecule has 1 aliphatic heterocycles. The minimum atomic E-state index is -0.0436. The van der Waals surface area contributed by atoms with Crippen molar-refractivity contribution in [3.8, 4) is 5.82 Å². The van der Waals surface area contributed by atoms with Crippen molar-refractivity contribution in [2.24, 2.45) is 0 Å². The number of urea groups is 1. The number of aromatic nitrogens is 4. The number of anilines is 1. The molecule has 1 N–H and O–H groups in total. The number of hydrogen-bond donors (Lipinski definition) is 1. The summed E-state index contributed by atoms with van der Waals surface area (Å²) >= 11 is 0. The topological polar surface area (TPSA) is 79.2 Å². The fourth-order valence-electron chi connectivity index (χ4n) is 3.71. The highest BCUT2D eigenvalue weighted by Gasteiger charge is 2.29. The van der Waals surface area contributed by atoms with Gasteiger partial charge in [0.2, 0.25) is 0 Å². The number of carbonyl (C=O) groups excluding carboxylic acids is 1. The van der Waals surface area contributed by atoms with Crippen LogP contribution in [0.4, 0.5) is 10.5 Å². The summed E-state index contributed by atoms with van der Waals surface area (Å²) in [7, 11) is 0. The average Bonchev–Trinajstić information content (AvgIpc) is 3.32. The Morgan fingerprint density at radius 2 is 2.03 bits per heavy atom. The maximum Gasteiger partial charge on any atom is 0.318 e. The molecule has 1 saturated heterocycles. The molecular weight excluding hydrogens is 366 g/mol. The van der Waals surface area contributed by atoms with Crippen LogP contribution in [0.25, 0.3) is 5.82 Å². The van der Waals surface area contributed by atoms with Gasteiger partial charge >= 0.3 is 6.03 Å². The molecule has 0 saturated carbocycles. The molecule has 1 aliphatic rings. The summed E-state index contributed by atoms with van der Waals surface area (Å²) in [6.45, 7) is 4.87. The molecular formula is C21H25N7O. The molecule has 3 aromatic rings. The maximum absolute atomic E-state index is 12.9. The number of pyridine rings is 1. The van der Waals surface area contributed by atoms with Crippen LogP contribution in [0.1, 0.15) is 18.9 Å². The number of para-hydroxylation sites is 1. The number of nitrogens with one attached hydrogen (secondary N) is 1. The smallest absolute Gasteiger partial charge is 0.318 e. The lowest BCUT2D eigenvalue weighted by molar-refractivity contribution is 0.163. The second-order valence-electron chi connectivity index (χ2n) is 7.02. The molecule has 1 aromatic carbocycles. The van der Waals surface area contributed by atoms with Crippen molar-refractivity contribution in [1.82, 2.24) is 30.0 Å². The van der Waals surface area contributed by atoms with E-state index in [0.29, 0.717) is 18.9 Å². The molecule has 0 spiro atoms. The molecule has 1 unspecified atom stereocenters. The van der Waals surface area contributed by atoms with E-state index in [1.165, 1.54) is 12.0 Å². The molecule has 0 bridgehead atoms. The molecule has 1 fully saturated rings. The normalized spacial score (nSPS) is 16.7. The summed E-state index contributed by atoms with van der Waals surface area (Å²) in [4.78, 5) is 25.6. The van der Waals surface area contributed by atoms with Gasteiger partial charge in [0.05, 0.1) is 6.04 Å². The van der Waals surface area contributed by atoms with Gasteiger partial charge in [0.15, 0.2) is 5.82 Å². The first-order chi connectivity index (χ1) is 14.3. The first-order valence-corrected chi connectivity index (χ1v) is 9.89. The zero-order valence-corrected chi connectivity index (χ0v) is 16.5. The van der Waals surface area contributed by atoms with Crippen molar-refractivity contribution >= 4 is 11.7 Å². The average molecular weight is 391 g/mol. The number of piperazine rings is 1. The van der Waals surface area contributed by atoms with E-state index in [1.54, 1.807) is 17.2 Å². The van der Waals surface area contributed by atoms with E-state index in [9.17, 15) is 4.79 Å². The predicted molar refractivity (Wildman–Crippen MR) is 111 cm³/mol. The third kappa shape index (κ3) is 4.21. The van der Waals surface area contributed by atoms with E-state index in [2.05, 4.69) is 56.5 Å². The maximum atomic E-state index is 12.9. The first-order valence-electron chi connectivity index (χ1n) is 9.89. The SMILES string of the molecule is CCC1CN(c2ccccc2)CCN1C(=O)NCc1cccnc1-n1cncn1. The minimum Gasteiger partial charge on any atom is -0.368 e. The van der Waals surface area contributed by atoms with Crippen LogP contribution in [0, 0.1) is 0 Å². The summed E-state index contributed by atoms with van der Waals surface area (Å²) in [6.07, 6.45) is 5.69. The Morgan fingerprint density at radius 3 is 2.79 bits per heavy atom. The van der Waals surface area contributed by atoms with Gasteiger partial charge in [0.25, 0.3) is 0 Å². The Bertz CT molecular complexity index is 929. The van der Waals surface area contributed by atoms with E-state index in [-0.39, 0.29) is 12.1 Å². The standard InChI is InChI=1S/C21H25N7O/c1-2-18-14-26(19-8-4-3-5-9-19)11-12-27(18)21(29)24-13-17-7-6-10-23-20(17)28-16-22-15-25-28/h3-10,15-16,18H,2,11-14H2,1H3,(H,24,29). The van der Waals surface area contributed by atoms with Crippen LogP contribution >= 0.6 is 0 Å². The van der Waals surface area contributed by atoms with Crippen LogP contribution in [0.5, 0.6) is 0 Å². The highest BCUT2D eigenvalue weighted by atomic mass is 16.2. The zero-order valence-electron chi connectivity index (χ0n) is 16.5. The van der Waals surface area contributed by atoms with Crippen molar-refractivity contribution in [2.45, 2.75) is 25.9 Å². The fraction of sp³-hybridized carbons (Fsp3) is 0.333. The highest BCUT2D eigenvalue weighted by molar-refractivity contribution is 5.75. The van der Waals surface area contributed by atoms with E-state index < -0.39 is 0 Å². The van der Waals surface area contributed by atoms with Gasteiger partial charge in [-0.2, -0.15) is 5.10 Å². The van der Waals surface area contributed by atoms with Crippen molar-refractivity contribution < 1.29 is 4.79 Å². The van der Waals surface area contributed by atoms with Gasteiger partial charge in [-0.3, -0.25) is 0 Å². The van der Waals surface area contributed by atoms with Crippen molar-refractivity contribution in [3.63, 3.8) is 0 Å². The van der Waals surface area contributed by atoms with Gasteiger partial charge in [0.1, 0.15) is 12.7 Å². The number of carbonyl (C=O) groups is 1. The van der Waals surface area contributed by atoms with Gasteiger partial charge in [-0.15, -0.1) is 0 Å². The fourth-order valence-corrected chi connectivity index (χ4v) is 3.71. The lowest BCUT2D eigenvalue weighted by Gasteiger charge is -2.42. The molecule has 0 radical (unpaired) electrons. The third-order valence-corrected chi connectivity index (χ3v) is 5.27. The van der Waals surface area contributed by atoms with Gasteiger partial charge in [0, 0.05) is 43.6 Å². The van der Waals surface area contributed by atoms with Gasteiger partial charge in [-0.1, -0.05) is 31.2 Å². The molecule has 1 atom stereocenters. The number of benzene rings is 1. The summed E-state index contributed by atoms with van der Waals surface area (Å²) in [6, 6.07) is 14.3. The van der Waals surface area contributed by atoms with Crippen LogP contribution in [-0.4, -0.2) is 56.4 Å². The van der Waals surface area contributed by atoms with Gasteiger partial charge in [-0.25, -0.2) is 19.4 Å². The molecule has 2 amide bonds. The lowest BCUT2D eigenvalue weighted by atomic mass is 10.1. The lowest BCUT2D eigenvalue weighted by Crippen LogP contribution is -2.57. The Balaban J connectivity index is 1.40. The Kier molecular flexibility index (Phi) is 5.69. The molecule has 8 heteroatoms. The summed E-state index contributed by atoms with van der Waals surface area (Å²) in [5.74, 6) is 0.672. The molecule has 3 heterocycles. The van der Waals surface area contributed by atoms with Gasteiger partial charge < -0.3 is 15.1 Å².